The largest absolute Gasteiger partial charge is 0.481 e. The quantitative estimate of drug-likeness (QED) is 0.788. The lowest BCUT2D eigenvalue weighted by molar-refractivity contribution is -0.122. The molecule has 1 fully saturated rings. The van der Waals surface area contributed by atoms with Crippen LogP contribution in [-0.4, -0.2) is 49.6 Å². The van der Waals surface area contributed by atoms with Crippen LogP contribution in [0.15, 0.2) is 42.5 Å². The Balaban J connectivity index is 1.70. The number of carbonyl (C=O) groups is 1. The summed E-state index contributed by atoms with van der Waals surface area (Å²) in [7, 11) is 0. The molecule has 5 nitrogen and oxygen atoms in total. The summed E-state index contributed by atoms with van der Waals surface area (Å²) in [6.45, 7) is 10.9. The Hall–Kier alpha value is -2.24. The van der Waals surface area contributed by atoms with Crippen LogP contribution >= 0.6 is 11.6 Å². The SMILES string of the molecule is CCN1CCN(c2ccc(Cl)cc2NC(=O)[C@H](C)Oc2cccc(C)c2)CC1. The molecule has 1 heterocycles. The van der Waals surface area contributed by atoms with E-state index in [0.29, 0.717) is 10.8 Å². The van der Waals surface area contributed by atoms with Crippen LogP contribution in [0.2, 0.25) is 5.02 Å². The summed E-state index contributed by atoms with van der Waals surface area (Å²) in [6, 6.07) is 13.3. The highest BCUT2D eigenvalue weighted by Crippen LogP contribution is 2.30. The third kappa shape index (κ3) is 5.18. The molecule has 3 rings (SSSR count). The van der Waals surface area contributed by atoms with Crippen molar-refractivity contribution in [3.05, 3.63) is 53.1 Å². The third-order valence-electron chi connectivity index (χ3n) is 5.05. The molecule has 1 atom stereocenters. The number of aryl methyl sites for hydroxylation is 1. The Bertz CT molecular complexity index is 819. The second-order valence-electron chi connectivity index (χ2n) is 7.15. The molecule has 1 aliphatic heterocycles. The van der Waals surface area contributed by atoms with E-state index >= 15 is 0 Å². The first-order valence-corrected chi connectivity index (χ1v) is 10.1. The van der Waals surface area contributed by atoms with E-state index in [0.717, 1.165) is 49.7 Å². The summed E-state index contributed by atoms with van der Waals surface area (Å²) >= 11 is 6.20. The van der Waals surface area contributed by atoms with Crippen molar-refractivity contribution in [3.8, 4) is 5.75 Å². The van der Waals surface area contributed by atoms with Gasteiger partial charge in [0, 0.05) is 31.2 Å². The molecule has 0 saturated carbocycles. The molecule has 28 heavy (non-hydrogen) atoms. The topological polar surface area (TPSA) is 44.8 Å². The number of amides is 1. The summed E-state index contributed by atoms with van der Waals surface area (Å²) < 4.78 is 5.81. The van der Waals surface area contributed by atoms with Crippen LogP contribution in [0.5, 0.6) is 5.75 Å². The molecule has 1 aliphatic rings. The first-order chi connectivity index (χ1) is 13.5. The van der Waals surface area contributed by atoms with E-state index < -0.39 is 6.10 Å². The number of benzene rings is 2. The van der Waals surface area contributed by atoms with Gasteiger partial charge in [0.25, 0.3) is 5.91 Å². The van der Waals surface area contributed by atoms with Gasteiger partial charge in [-0.2, -0.15) is 0 Å². The van der Waals surface area contributed by atoms with Gasteiger partial charge in [-0.3, -0.25) is 4.79 Å². The summed E-state index contributed by atoms with van der Waals surface area (Å²) in [6.07, 6.45) is -0.620. The number of carbonyl (C=O) groups excluding carboxylic acids is 1. The average molecular weight is 402 g/mol. The first kappa shape index (κ1) is 20.5. The van der Waals surface area contributed by atoms with Gasteiger partial charge in [-0.1, -0.05) is 30.7 Å². The Morgan fingerprint density at radius 2 is 1.93 bits per heavy atom. The predicted molar refractivity (Wildman–Crippen MR) is 116 cm³/mol. The monoisotopic (exact) mass is 401 g/mol. The molecule has 1 amide bonds. The van der Waals surface area contributed by atoms with Gasteiger partial charge in [0.1, 0.15) is 5.75 Å². The zero-order chi connectivity index (χ0) is 20.1. The van der Waals surface area contributed by atoms with Gasteiger partial charge in [-0.25, -0.2) is 0 Å². The number of piperazine rings is 1. The van der Waals surface area contributed by atoms with E-state index in [1.807, 2.05) is 43.3 Å². The van der Waals surface area contributed by atoms with E-state index in [-0.39, 0.29) is 5.91 Å². The minimum absolute atomic E-state index is 0.197. The van der Waals surface area contributed by atoms with Crippen LogP contribution in [0.3, 0.4) is 0 Å². The highest BCUT2D eigenvalue weighted by atomic mass is 35.5. The second kappa shape index (κ2) is 9.30. The molecule has 0 aromatic heterocycles. The molecule has 0 spiro atoms. The smallest absolute Gasteiger partial charge is 0.265 e. The maximum atomic E-state index is 12.7. The van der Waals surface area contributed by atoms with Gasteiger partial charge < -0.3 is 19.9 Å². The Morgan fingerprint density at radius 3 is 2.61 bits per heavy atom. The third-order valence-corrected chi connectivity index (χ3v) is 5.28. The Morgan fingerprint density at radius 1 is 1.18 bits per heavy atom. The summed E-state index contributed by atoms with van der Waals surface area (Å²) in [4.78, 5) is 17.5. The molecule has 1 saturated heterocycles. The van der Waals surface area contributed by atoms with Crippen molar-refractivity contribution >= 4 is 28.9 Å². The maximum absolute atomic E-state index is 12.7. The minimum atomic E-state index is -0.620. The van der Waals surface area contributed by atoms with E-state index in [9.17, 15) is 4.79 Å². The average Bonchev–Trinajstić information content (AvgIpc) is 2.68. The number of anilines is 2. The standard InChI is InChI=1S/C22H28ClN3O2/c1-4-25-10-12-26(13-11-25)21-9-8-18(23)15-20(21)24-22(27)17(3)28-19-7-5-6-16(2)14-19/h5-9,14-15,17H,4,10-13H2,1-3H3,(H,24,27)/t17-/m0/s1. The number of rotatable bonds is 6. The number of nitrogens with one attached hydrogen (secondary N) is 1. The van der Waals surface area contributed by atoms with Crippen molar-refractivity contribution < 1.29 is 9.53 Å². The molecule has 6 heteroatoms. The number of nitrogens with zero attached hydrogens (tertiary/aromatic N) is 2. The van der Waals surface area contributed by atoms with Crippen molar-refractivity contribution in [2.24, 2.45) is 0 Å². The van der Waals surface area contributed by atoms with Gasteiger partial charge >= 0.3 is 0 Å². The minimum Gasteiger partial charge on any atom is -0.481 e. The van der Waals surface area contributed by atoms with Crippen LogP contribution in [0.1, 0.15) is 19.4 Å². The zero-order valence-corrected chi connectivity index (χ0v) is 17.5. The molecule has 1 N–H and O–H groups in total. The zero-order valence-electron chi connectivity index (χ0n) is 16.7. The van der Waals surface area contributed by atoms with Crippen LogP contribution in [0.4, 0.5) is 11.4 Å². The summed E-state index contributed by atoms with van der Waals surface area (Å²) in [5, 5.41) is 3.60. The molecule has 0 unspecified atom stereocenters. The fourth-order valence-corrected chi connectivity index (χ4v) is 3.54. The van der Waals surface area contributed by atoms with Crippen molar-refractivity contribution in [1.29, 1.82) is 0 Å². The molecule has 0 radical (unpaired) electrons. The number of hydrogen-bond acceptors (Lipinski definition) is 4. The lowest BCUT2D eigenvalue weighted by Gasteiger charge is -2.36. The van der Waals surface area contributed by atoms with Crippen molar-refractivity contribution in [3.63, 3.8) is 0 Å². The van der Waals surface area contributed by atoms with Crippen molar-refractivity contribution in [2.75, 3.05) is 42.9 Å². The molecule has 0 bridgehead atoms. The first-order valence-electron chi connectivity index (χ1n) is 9.77. The lowest BCUT2D eigenvalue weighted by atomic mass is 10.2. The van der Waals surface area contributed by atoms with Crippen LogP contribution in [-0.2, 0) is 4.79 Å². The maximum Gasteiger partial charge on any atom is 0.265 e. The molecular formula is C22H28ClN3O2. The molecule has 0 aliphatic carbocycles. The fraction of sp³-hybridized carbons (Fsp3) is 0.409. The Kier molecular flexibility index (Phi) is 6.81. The van der Waals surface area contributed by atoms with Gasteiger partial charge in [0.15, 0.2) is 6.10 Å². The molecule has 2 aromatic carbocycles. The van der Waals surface area contributed by atoms with Gasteiger partial charge in [-0.15, -0.1) is 0 Å². The summed E-state index contributed by atoms with van der Waals surface area (Å²) in [5.74, 6) is 0.488. The number of ether oxygens (including phenoxy) is 1. The van der Waals surface area contributed by atoms with Gasteiger partial charge in [0.05, 0.1) is 11.4 Å². The lowest BCUT2D eigenvalue weighted by Crippen LogP contribution is -2.46. The van der Waals surface area contributed by atoms with Crippen LogP contribution in [0, 0.1) is 6.92 Å². The summed E-state index contributed by atoms with van der Waals surface area (Å²) in [5.41, 5.74) is 2.81. The molecule has 2 aromatic rings. The number of likely N-dealkylation sites (N-methyl/N-ethyl adjacent to an activating group) is 1. The van der Waals surface area contributed by atoms with E-state index in [4.69, 9.17) is 16.3 Å². The normalized spacial score (nSPS) is 15.9. The highest BCUT2D eigenvalue weighted by molar-refractivity contribution is 6.31. The number of hydrogen-bond donors (Lipinski definition) is 1. The molecule has 150 valence electrons. The Labute approximate surface area is 172 Å². The van der Waals surface area contributed by atoms with Crippen LogP contribution < -0.4 is 15.0 Å². The van der Waals surface area contributed by atoms with E-state index in [2.05, 4.69) is 22.0 Å². The second-order valence-corrected chi connectivity index (χ2v) is 7.59. The predicted octanol–water partition coefficient (Wildman–Crippen LogP) is 4.20. The van der Waals surface area contributed by atoms with E-state index in [1.165, 1.54) is 0 Å². The van der Waals surface area contributed by atoms with Crippen molar-refractivity contribution in [1.82, 2.24) is 4.90 Å². The van der Waals surface area contributed by atoms with Crippen molar-refractivity contribution in [2.45, 2.75) is 26.9 Å². The molecular weight excluding hydrogens is 374 g/mol. The van der Waals surface area contributed by atoms with E-state index in [1.54, 1.807) is 13.0 Å². The van der Waals surface area contributed by atoms with Gasteiger partial charge in [0.2, 0.25) is 0 Å². The van der Waals surface area contributed by atoms with Gasteiger partial charge in [-0.05, 0) is 56.3 Å². The number of halogens is 1. The van der Waals surface area contributed by atoms with Crippen LogP contribution in [0.25, 0.3) is 0 Å². The fourth-order valence-electron chi connectivity index (χ4n) is 3.37. The highest BCUT2D eigenvalue weighted by Gasteiger charge is 2.21.